The predicted octanol–water partition coefficient (Wildman–Crippen LogP) is 2.97. The molecule has 3 N–H and O–H groups in total. The van der Waals surface area contributed by atoms with E-state index in [1.807, 2.05) is 30.3 Å². The van der Waals surface area contributed by atoms with Crippen molar-refractivity contribution in [2.75, 3.05) is 6.61 Å². The second kappa shape index (κ2) is 10.2. The molecule has 1 heterocycles. The number of nitrogens with one attached hydrogen (secondary N) is 2. The minimum atomic E-state index is -0.852. The Morgan fingerprint density at radius 3 is 2.65 bits per heavy atom. The van der Waals surface area contributed by atoms with Crippen molar-refractivity contribution in [2.24, 2.45) is 5.92 Å². The second-order valence-electron chi connectivity index (χ2n) is 7.31. The number of ether oxygens (including phenoxy) is 1. The molecule has 1 fully saturated rings. The van der Waals surface area contributed by atoms with E-state index in [1.165, 1.54) is 0 Å². The fourth-order valence-corrected chi connectivity index (χ4v) is 3.26. The van der Waals surface area contributed by atoms with E-state index in [4.69, 9.17) is 9.84 Å². The normalized spacial score (nSPS) is 21.2. The van der Waals surface area contributed by atoms with Crippen molar-refractivity contribution < 1.29 is 19.4 Å². The van der Waals surface area contributed by atoms with E-state index < -0.39 is 5.97 Å². The van der Waals surface area contributed by atoms with Gasteiger partial charge in [0.15, 0.2) is 0 Å². The number of hydrogen-bond donors (Lipinski definition) is 3. The van der Waals surface area contributed by atoms with Gasteiger partial charge in [-0.1, -0.05) is 44.2 Å². The number of aliphatic carboxylic acids is 1. The number of carboxylic acid groups (broad SMARTS) is 1. The molecule has 1 aromatic carbocycles. The van der Waals surface area contributed by atoms with Gasteiger partial charge in [-0.05, 0) is 37.2 Å². The molecule has 0 radical (unpaired) electrons. The summed E-state index contributed by atoms with van der Waals surface area (Å²) in [6.07, 6.45) is 2.83. The second-order valence-corrected chi connectivity index (χ2v) is 7.31. The third-order valence-electron chi connectivity index (χ3n) is 4.76. The molecule has 0 saturated carbocycles. The van der Waals surface area contributed by atoms with Gasteiger partial charge in [-0.3, -0.25) is 4.79 Å². The Morgan fingerprint density at radius 2 is 2.00 bits per heavy atom. The summed E-state index contributed by atoms with van der Waals surface area (Å²) in [6.45, 7) is 4.89. The number of carbonyl (C=O) groups is 2. The Hall–Kier alpha value is -2.08. The van der Waals surface area contributed by atoms with Crippen molar-refractivity contribution in [1.29, 1.82) is 0 Å². The highest BCUT2D eigenvalue weighted by molar-refractivity contribution is 5.74. The largest absolute Gasteiger partial charge is 0.481 e. The Kier molecular flexibility index (Phi) is 7.91. The molecular formula is C20H30N2O4. The fraction of sp³-hybridized carbons (Fsp3) is 0.600. The molecule has 26 heavy (non-hydrogen) atoms. The lowest BCUT2D eigenvalue weighted by atomic mass is 9.95. The molecule has 1 aliphatic rings. The highest BCUT2D eigenvalue weighted by Gasteiger charge is 2.26. The van der Waals surface area contributed by atoms with E-state index in [0.29, 0.717) is 25.4 Å². The van der Waals surface area contributed by atoms with Gasteiger partial charge in [-0.25, -0.2) is 4.79 Å². The van der Waals surface area contributed by atoms with Crippen LogP contribution in [0, 0.1) is 5.92 Å². The molecule has 2 rings (SSSR count). The molecule has 1 saturated heterocycles. The molecule has 3 unspecified atom stereocenters. The smallest absolute Gasteiger partial charge is 0.315 e. The summed E-state index contributed by atoms with van der Waals surface area (Å²) in [5, 5.41) is 15.0. The SMILES string of the molecule is CC(C)C1CC(NC(=O)NC(CCC(=O)O)Cc2ccccc2)CCO1. The van der Waals surface area contributed by atoms with E-state index in [1.54, 1.807) is 0 Å². The molecule has 6 nitrogen and oxygen atoms in total. The highest BCUT2D eigenvalue weighted by Crippen LogP contribution is 2.20. The van der Waals surface area contributed by atoms with Gasteiger partial charge in [0.2, 0.25) is 0 Å². The van der Waals surface area contributed by atoms with Gasteiger partial charge in [0.05, 0.1) is 6.10 Å². The number of amides is 2. The molecule has 1 aliphatic heterocycles. The summed E-state index contributed by atoms with van der Waals surface area (Å²) < 4.78 is 5.74. The van der Waals surface area contributed by atoms with Gasteiger partial charge in [-0.15, -0.1) is 0 Å². The zero-order chi connectivity index (χ0) is 18.9. The minimum absolute atomic E-state index is 0.0322. The molecule has 2 amide bonds. The first-order chi connectivity index (χ1) is 12.4. The van der Waals surface area contributed by atoms with Crippen LogP contribution in [0.15, 0.2) is 30.3 Å². The maximum absolute atomic E-state index is 12.4. The molecule has 0 aliphatic carbocycles. The summed E-state index contributed by atoms with van der Waals surface area (Å²) in [7, 11) is 0. The summed E-state index contributed by atoms with van der Waals surface area (Å²) in [5.41, 5.74) is 1.08. The highest BCUT2D eigenvalue weighted by atomic mass is 16.5. The lowest BCUT2D eigenvalue weighted by molar-refractivity contribution is -0.137. The number of hydrogen-bond acceptors (Lipinski definition) is 3. The molecule has 3 atom stereocenters. The number of urea groups is 1. The fourth-order valence-electron chi connectivity index (χ4n) is 3.26. The Bertz CT molecular complexity index is 576. The van der Waals surface area contributed by atoms with E-state index in [0.717, 1.165) is 18.4 Å². The first-order valence-electron chi connectivity index (χ1n) is 9.38. The van der Waals surface area contributed by atoms with Gasteiger partial charge in [0, 0.05) is 25.1 Å². The van der Waals surface area contributed by atoms with Crippen LogP contribution in [-0.4, -0.2) is 41.9 Å². The minimum Gasteiger partial charge on any atom is -0.481 e. The zero-order valence-corrected chi connectivity index (χ0v) is 15.6. The van der Waals surface area contributed by atoms with Crippen LogP contribution in [-0.2, 0) is 16.0 Å². The van der Waals surface area contributed by atoms with Crippen LogP contribution in [0.5, 0.6) is 0 Å². The number of rotatable bonds is 8. The molecule has 0 bridgehead atoms. The van der Waals surface area contributed by atoms with E-state index in [2.05, 4.69) is 24.5 Å². The first-order valence-corrected chi connectivity index (χ1v) is 9.38. The van der Waals surface area contributed by atoms with Crippen LogP contribution in [0.3, 0.4) is 0 Å². The molecular weight excluding hydrogens is 332 g/mol. The van der Waals surface area contributed by atoms with Crippen molar-refractivity contribution >= 4 is 12.0 Å². The first kappa shape index (κ1) is 20.2. The van der Waals surface area contributed by atoms with Crippen molar-refractivity contribution in [3.63, 3.8) is 0 Å². The van der Waals surface area contributed by atoms with Crippen LogP contribution in [0.25, 0.3) is 0 Å². The number of carbonyl (C=O) groups excluding carboxylic acids is 1. The summed E-state index contributed by atoms with van der Waals surface area (Å²) in [4.78, 5) is 23.3. The Balaban J connectivity index is 1.89. The van der Waals surface area contributed by atoms with E-state index >= 15 is 0 Å². The van der Waals surface area contributed by atoms with Crippen molar-refractivity contribution in [3.8, 4) is 0 Å². The van der Waals surface area contributed by atoms with Crippen LogP contribution >= 0.6 is 0 Å². The third kappa shape index (κ3) is 7.04. The lowest BCUT2D eigenvalue weighted by Crippen LogP contribution is -2.50. The Labute approximate surface area is 155 Å². The van der Waals surface area contributed by atoms with Crippen LogP contribution in [0.2, 0.25) is 0 Å². The maximum atomic E-state index is 12.4. The average molecular weight is 362 g/mol. The molecule has 0 spiro atoms. The van der Waals surface area contributed by atoms with Crippen LogP contribution in [0.4, 0.5) is 4.79 Å². The van der Waals surface area contributed by atoms with Gasteiger partial charge < -0.3 is 20.5 Å². The standard InChI is InChI=1S/C20H30N2O4/c1-14(2)18-13-17(10-11-26-18)22-20(25)21-16(8-9-19(23)24)12-15-6-4-3-5-7-15/h3-7,14,16-18H,8-13H2,1-2H3,(H,23,24)(H2,21,22,25). The summed E-state index contributed by atoms with van der Waals surface area (Å²) in [6, 6.07) is 9.44. The van der Waals surface area contributed by atoms with Crippen molar-refractivity contribution in [3.05, 3.63) is 35.9 Å². The lowest BCUT2D eigenvalue weighted by Gasteiger charge is -2.32. The third-order valence-corrected chi connectivity index (χ3v) is 4.76. The number of carboxylic acids is 1. The van der Waals surface area contributed by atoms with Gasteiger partial charge >= 0.3 is 12.0 Å². The molecule has 6 heteroatoms. The molecule has 144 valence electrons. The Morgan fingerprint density at radius 1 is 1.27 bits per heavy atom. The molecule has 0 aromatic heterocycles. The average Bonchev–Trinajstić information content (AvgIpc) is 2.60. The predicted molar refractivity (Wildman–Crippen MR) is 100 cm³/mol. The monoisotopic (exact) mass is 362 g/mol. The van der Waals surface area contributed by atoms with Crippen molar-refractivity contribution in [1.82, 2.24) is 10.6 Å². The van der Waals surface area contributed by atoms with Gasteiger partial charge in [0.1, 0.15) is 0 Å². The number of benzene rings is 1. The van der Waals surface area contributed by atoms with Crippen LogP contribution in [0.1, 0.15) is 45.1 Å². The zero-order valence-electron chi connectivity index (χ0n) is 15.6. The maximum Gasteiger partial charge on any atom is 0.315 e. The van der Waals surface area contributed by atoms with Gasteiger partial charge in [0.25, 0.3) is 0 Å². The summed E-state index contributed by atoms with van der Waals surface area (Å²) >= 11 is 0. The quantitative estimate of drug-likeness (QED) is 0.663. The topological polar surface area (TPSA) is 87.7 Å². The van der Waals surface area contributed by atoms with Crippen LogP contribution < -0.4 is 10.6 Å². The van der Waals surface area contributed by atoms with E-state index in [-0.39, 0.29) is 30.6 Å². The summed E-state index contributed by atoms with van der Waals surface area (Å²) in [5.74, 6) is -0.432. The van der Waals surface area contributed by atoms with Gasteiger partial charge in [-0.2, -0.15) is 0 Å². The van der Waals surface area contributed by atoms with Crippen molar-refractivity contribution in [2.45, 2.75) is 64.1 Å². The molecule has 1 aromatic rings. The van der Waals surface area contributed by atoms with E-state index in [9.17, 15) is 9.59 Å².